The van der Waals surface area contributed by atoms with E-state index in [0.717, 1.165) is 0 Å². The molecule has 0 aromatic carbocycles. The zero-order valence-electron chi connectivity index (χ0n) is 8.33. The van der Waals surface area contributed by atoms with Crippen LogP contribution in [0.25, 0.3) is 0 Å². The second-order valence-corrected chi connectivity index (χ2v) is 3.86. The van der Waals surface area contributed by atoms with Crippen LogP contribution in [0.4, 0.5) is 0 Å². The molecule has 0 amide bonds. The van der Waals surface area contributed by atoms with Gasteiger partial charge in [0, 0.05) is 12.0 Å². The minimum Gasteiger partial charge on any atom is -0.472 e. The quantitative estimate of drug-likeness (QED) is 0.634. The molecule has 1 aliphatic heterocycles. The SMILES string of the molecule is CCO[C@@H]1OC=C[C@H](C)C1(C)C. The minimum atomic E-state index is -0.0949. The number of hydrogen-bond donors (Lipinski definition) is 0. The van der Waals surface area contributed by atoms with Crippen molar-refractivity contribution in [1.29, 1.82) is 0 Å². The van der Waals surface area contributed by atoms with E-state index in [9.17, 15) is 0 Å². The highest BCUT2D eigenvalue weighted by atomic mass is 16.7. The Bertz CT molecular complexity index is 173. The van der Waals surface area contributed by atoms with Crippen molar-refractivity contribution in [1.82, 2.24) is 0 Å². The molecule has 2 atom stereocenters. The molecule has 1 aliphatic rings. The highest BCUT2D eigenvalue weighted by Crippen LogP contribution is 2.37. The van der Waals surface area contributed by atoms with Gasteiger partial charge in [-0.05, 0) is 18.9 Å². The van der Waals surface area contributed by atoms with Gasteiger partial charge in [0.25, 0.3) is 0 Å². The fourth-order valence-electron chi connectivity index (χ4n) is 1.28. The molecule has 1 heterocycles. The zero-order valence-corrected chi connectivity index (χ0v) is 8.33. The number of allylic oxidation sites excluding steroid dienone is 1. The standard InChI is InChI=1S/C10H18O2/c1-5-11-9-10(3,4)8(2)6-7-12-9/h6-9H,5H2,1-4H3/t8-,9+/m0/s1. The van der Waals surface area contributed by atoms with Crippen molar-refractivity contribution < 1.29 is 9.47 Å². The van der Waals surface area contributed by atoms with Crippen LogP contribution < -0.4 is 0 Å². The van der Waals surface area contributed by atoms with Crippen molar-refractivity contribution in [2.45, 2.75) is 34.0 Å². The van der Waals surface area contributed by atoms with Gasteiger partial charge in [0.05, 0.1) is 6.26 Å². The molecule has 0 saturated heterocycles. The van der Waals surface area contributed by atoms with E-state index in [0.29, 0.717) is 12.5 Å². The van der Waals surface area contributed by atoms with Crippen LogP contribution in [0.1, 0.15) is 27.7 Å². The fourth-order valence-corrected chi connectivity index (χ4v) is 1.28. The van der Waals surface area contributed by atoms with E-state index in [-0.39, 0.29) is 11.7 Å². The first-order valence-corrected chi connectivity index (χ1v) is 4.52. The largest absolute Gasteiger partial charge is 0.472 e. The summed E-state index contributed by atoms with van der Waals surface area (Å²) in [7, 11) is 0. The van der Waals surface area contributed by atoms with Crippen LogP contribution in [0, 0.1) is 11.3 Å². The highest BCUT2D eigenvalue weighted by Gasteiger charge is 2.37. The molecule has 0 fully saturated rings. The van der Waals surface area contributed by atoms with E-state index < -0.39 is 0 Å². The van der Waals surface area contributed by atoms with Crippen LogP contribution in [0.3, 0.4) is 0 Å². The lowest BCUT2D eigenvalue weighted by atomic mass is 9.78. The normalized spacial score (nSPS) is 33.0. The molecule has 12 heavy (non-hydrogen) atoms. The molecule has 0 aliphatic carbocycles. The average Bonchev–Trinajstić information content (AvgIpc) is 2.00. The molecule has 2 nitrogen and oxygen atoms in total. The molecule has 0 aromatic heterocycles. The van der Waals surface area contributed by atoms with Crippen LogP contribution in [-0.2, 0) is 9.47 Å². The Morgan fingerprint density at radius 3 is 2.75 bits per heavy atom. The molecule has 0 aromatic rings. The molecule has 70 valence electrons. The highest BCUT2D eigenvalue weighted by molar-refractivity contribution is 4.96. The Labute approximate surface area is 74.6 Å². The van der Waals surface area contributed by atoms with Crippen LogP contribution >= 0.6 is 0 Å². The average molecular weight is 170 g/mol. The van der Waals surface area contributed by atoms with Gasteiger partial charge in [-0.15, -0.1) is 0 Å². The van der Waals surface area contributed by atoms with Crippen LogP contribution in [0.2, 0.25) is 0 Å². The summed E-state index contributed by atoms with van der Waals surface area (Å²) in [5.74, 6) is 0.503. The molecule has 0 spiro atoms. The van der Waals surface area contributed by atoms with E-state index in [1.54, 1.807) is 6.26 Å². The topological polar surface area (TPSA) is 18.5 Å². The second kappa shape index (κ2) is 3.48. The van der Waals surface area contributed by atoms with Crippen molar-refractivity contribution >= 4 is 0 Å². The summed E-state index contributed by atoms with van der Waals surface area (Å²) in [4.78, 5) is 0. The van der Waals surface area contributed by atoms with Crippen LogP contribution in [0.15, 0.2) is 12.3 Å². The summed E-state index contributed by atoms with van der Waals surface area (Å²) in [6.45, 7) is 9.21. The minimum absolute atomic E-state index is 0.0742. The van der Waals surface area contributed by atoms with Crippen LogP contribution in [-0.4, -0.2) is 12.9 Å². The van der Waals surface area contributed by atoms with Gasteiger partial charge in [0.15, 0.2) is 0 Å². The number of rotatable bonds is 2. The number of hydrogen-bond acceptors (Lipinski definition) is 2. The van der Waals surface area contributed by atoms with E-state index in [1.807, 2.05) is 6.92 Å². The van der Waals surface area contributed by atoms with Gasteiger partial charge in [0.1, 0.15) is 0 Å². The van der Waals surface area contributed by atoms with Crippen molar-refractivity contribution in [2.24, 2.45) is 11.3 Å². The maximum Gasteiger partial charge on any atom is 0.204 e. The fraction of sp³-hybridized carbons (Fsp3) is 0.800. The lowest BCUT2D eigenvalue weighted by molar-refractivity contribution is -0.185. The zero-order chi connectivity index (χ0) is 9.19. The van der Waals surface area contributed by atoms with Crippen molar-refractivity contribution in [3.63, 3.8) is 0 Å². The van der Waals surface area contributed by atoms with Crippen molar-refractivity contribution in [2.75, 3.05) is 6.61 Å². The van der Waals surface area contributed by atoms with Gasteiger partial charge in [-0.2, -0.15) is 0 Å². The summed E-state index contributed by atoms with van der Waals surface area (Å²) in [6.07, 6.45) is 3.73. The first-order valence-electron chi connectivity index (χ1n) is 4.52. The van der Waals surface area contributed by atoms with Gasteiger partial charge in [-0.3, -0.25) is 0 Å². The van der Waals surface area contributed by atoms with Gasteiger partial charge in [-0.1, -0.05) is 20.8 Å². The van der Waals surface area contributed by atoms with E-state index in [2.05, 4.69) is 26.8 Å². The molecule has 0 N–H and O–H groups in total. The molecule has 1 rings (SSSR count). The van der Waals surface area contributed by atoms with Gasteiger partial charge >= 0.3 is 0 Å². The molecule has 0 radical (unpaired) electrons. The number of ether oxygens (including phenoxy) is 2. The smallest absolute Gasteiger partial charge is 0.204 e. The summed E-state index contributed by atoms with van der Waals surface area (Å²) in [5.41, 5.74) is 0.0742. The Balaban J connectivity index is 2.69. The van der Waals surface area contributed by atoms with Gasteiger partial charge in [-0.25, -0.2) is 0 Å². The summed E-state index contributed by atoms with van der Waals surface area (Å²) >= 11 is 0. The predicted octanol–water partition coefficient (Wildman–Crippen LogP) is 2.56. The third kappa shape index (κ3) is 1.63. The van der Waals surface area contributed by atoms with E-state index >= 15 is 0 Å². The molecular weight excluding hydrogens is 152 g/mol. The lowest BCUT2D eigenvalue weighted by Crippen LogP contribution is -2.40. The first kappa shape index (κ1) is 9.59. The maximum atomic E-state index is 5.50. The van der Waals surface area contributed by atoms with Gasteiger partial charge < -0.3 is 9.47 Å². The molecule has 0 unspecified atom stereocenters. The van der Waals surface area contributed by atoms with Crippen LogP contribution in [0.5, 0.6) is 0 Å². The van der Waals surface area contributed by atoms with Crippen molar-refractivity contribution in [3.05, 3.63) is 12.3 Å². The summed E-state index contributed by atoms with van der Waals surface area (Å²) in [6, 6.07) is 0. The van der Waals surface area contributed by atoms with Gasteiger partial charge in [0.2, 0.25) is 6.29 Å². The third-order valence-electron chi connectivity index (χ3n) is 2.67. The molecule has 0 bridgehead atoms. The monoisotopic (exact) mass is 170 g/mol. The van der Waals surface area contributed by atoms with Crippen molar-refractivity contribution in [3.8, 4) is 0 Å². The maximum absolute atomic E-state index is 5.50. The van der Waals surface area contributed by atoms with E-state index in [1.165, 1.54) is 0 Å². The molecule has 0 saturated carbocycles. The third-order valence-corrected chi connectivity index (χ3v) is 2.67. The Kier molecular flexibility index (Phi) is 2.78. The first-order chi connectivity index (χ1) is 5.59. The molecule has 2 heteroatoms. The Hall–Kier alpha value is -0.500. The Morgan fingerprint density at radius 1 is 1.50 bits per heavy atom. The summed E-state index contributed by atoms with van der Waals surface area (Å²) in [5, 5.41) is 0. The second-order valence-electron chi connectivity index (χ2n) is 3.86. The lowest BCUT2D eigenvalue weighted by Gasteiger charge is -2.39. The summed E-state index contributed by atoms with van der Waals surface area (Å²) < 4.78 is 10.9. The predicted molar refractivity (Wildman–Crippen MR) is 48.6 cm³/mol. The molecular formula is C10H18O2. The van der Waals surface area contributed by atoms with E-state index in [4.69, 9.17) is 9.47 Å². The Morgan fingerprint density at radius 2 is 2.17 bits per heavy atom.